The van der Waals surface area contributed by atoms with Crippen molar-refractivity contribution in [2.24, 2.45) is 28.9 Å². The first-order valence-corrected chi connectivity index (χ1v) is 11.8. The van der Waals surface area contributed by atoms with Crippen molar-refractivity contribution in [1.82, 2.24) is 10.2 Å². The fraction of sp³-hybridized carbons (Fsp3) is 0.680. The van der Waals surface area contributed by atoms with Crippen molar-refractivity contribution >= 4 is 11.8 Å². The molecule has 5 heteroatoms. The van der Waals surface area contributed by atoms with E-state index in [1.807, 2.05) is 13.8 Å². The number of likely N-dealkylation sites (N-methyl/N-ethyl adjacent to an activating group) is 1. The number of nitrogens with one attached hydrogen (secondary N) is 1. The minimum atomic E-state index is -0.609. The van der Waals surface area contributed by atoms with Gasteiger partial charge in [0.15, 0.2) is 0 Å². The third-order valence-corrected chi connectivity index (χ3v) is 8.94. The van der Waals surface area contributed by atoms with E-state index in [9.17, 15) is 9.59 Å². The second kappa shape index (κ2) is 6.81. The molecule has 0 radical (unpaired) electrons. The summed E-state index contributed by atoms with van der Waals surface area (Å²) in [5.74, 6) is 1.70. The predicted molar refractivity (Wildman–Crippen MR) is 117 cm³/mol. The molecule has 3 saturated carbocycles. The minimum absolute atomic E-state index is 0.0275. The van der Waals surface area contributed by atoms with Crippen LogP contribution in [0, 0.1) is 23.2 Å². The van der Waals surface area contributed by atoms with Gasteiger partial charge in [-0.05, 0) is 60.5 Å². The van der Waals surface area contributed by atoms with Gasteiger partial charge in [-0.3, -0.25) is 9.59 Å². The zero-order valence-corrected chi connectivity index (χ0v) is 18.6. The molecule has 5 nitrogen and oxygen atoms in total. The molecule has 2 amide bonds. The van der Waals surface area contributed by atoms with Crippen molar-refractivity contribution in [3.05, 3.63) is 35.4 Å². The van der Waals surface area contributed by atoms with Crippen molar-refractivity contribution in [2.45, 2.75) is 76.9 Å². The zero-order valence-electron chi connectivity index (χ0n) is 18.6. The Hall–Kier alpha value is -1.88. The smallest absolute Gasteiger partial charge is 0.246 e. The van der Waals surface area contributed by atoms with Crippen LogP contribution in [0.5, 0.6) is 0 Å². The summed E-state index contributed by atoms with van der Waals surface area (Å²) in [4.78, 5) is 28.8. The normalized spacial score (nSPS) is 39.7. The maximum atomic E-state index is 13.8. The van der Waals surface area contributed by atoms with Crippen LogP contribution in [-0.4, -0.2) is 41.4 Å². The van der Waals surface area contributed by atoms with Crippen LogP contribution in [0.1, 0.15) is 69.9 Å². The molecule has 30 heavy (non-hydrogen) atoms. The molecular weight excluding hydrogens is 374 g/mol. The van der Waals surface area contributed by atoms with E-state index in [1.54, 1.807) is 0 Å². The lowest BCUT2D eigenvalue weighted by atomic mass is 9.53. The van der Waals surface area contributed by atoms with Gasteiger partial charge in [-0.1, -0.05) is 45.0 Å². The number of carbonyl (C=O) groups is 2. The van der Waals surface area contributed by atoms with E-state index in [0.717, 1.165) is 5.92 Å². The Balaban J connectivity index is 1.57. The number of nitrogens with zero attached hydrogens (tertiary/aromatic N) is 1. The van der Waals surface area contributed by atoms with E-state index in [0.29, 0.717) is 23.8 Å². The third kappa shape index (κ3) is 2.50. The minimum Gasteiger partial charge on any atom is -0.342 e. The highest BCUT2D eigenvalue weighted by Gasteiger charge is 2.78. The van der Waals surface area contributed by atoms with Gasteiger partial charge in [0.05, 0.1) is 6.04 Å². The molecule has 1 spiro atoms. The fourth-order valence-electron chi connectivity index (χ4n) is 7.28. The maximum absolute atomic E-state index is 13.8. The molecular formula is C25H35N3O2. The fourth-order valence-corrected chi connectivity index (χ4v) is 7.28. The molecule has 3 N–H and O–H groups in total. The summed E-state index contributed by atoms with van der Waals surface area (Å²) in [7, 11) is 0. The Morgan fingerprint density at radius 3 is 2.60 bits per heavy atom. The lowest BCUT2D eigenvalue weighted by Crippen LogP contribution is -2.65. The first kappa shape index (κ1) is 20.0. The largest absolute Gasteiger partial charge is 0.342 e. The first-order chi connectivity index (χ1) is 14.3. The molecule has 5 rings (SSSR count). The molecule has 1 heterocycles. The average Bonchev–Trinajstić information content (AvgIpc) is 3.40. The Bertz CT molecular complexity index is 883. The first-order valence-electron chi connectivity index (χ1n) is 11.8. The molecule has 7 unspecified atom stereocenters. The number of carbonyl (C=O) groups excluding carboxylic acids is 2. The van der Waals surface area contributed by atoms with E-state index < -0.39 is 12.1 Å². The molecule has 0 saturated heterocycles. The third-order valence-electron chi connectivity index (χ3n) is 8.94. The lowest BCUT2D eigenvalue weighted by Gasteiger charge is -2.58. The standard InChI is InChI=1S/C25H35N3O2/c1-5-28-22-18-11-10-15-12-25(15,18)19(22)17-9-7-6-8-16(17)14(4)21(24(28)30)27-23(29)20(26)13(2)3/h6-9,13-15,18-22H,5,10-12,26H2,1-4H3,(H,27,29)/t14-,15?,18?,19?,20?,21?,22?,25?/m0/s1. The number of nitrogens with two attached hydrogens (primary N) is 1. The molecule has 162 valence electrons. The lowest BCUT2D eigenvalue weighted by molar-refractivity contribution is -0.148. The van der Waals surface area contributed by atoms with Crippen LogP contribution in [0.25, 0.3) is 0 Å². The number of hydrogen-bond acceptors (Lipinski definition) is 3. The number of benzene rings is 1. The van der Waals surface area contributed by atoms with E-state index in [1.165, 1.54) is 30.4 Å². The van der Waals surface area contributed by atoms with Gasteiger partial charge in [0, 0.05) is 24.4 Å². The summed E-state index contributed by atoms with van der Waals surface area (Å²) in [5.41, 5.74) is 9.19. The highest BCUT2D eigenvalue weighted by molar-refractivity contribution is 5.91. The molecule has 4 aliphatic rings. The predicted octanol–water partition coefficient (Wildman–Crippen LogP) is 3.00. The molecule has 1 aliphatic heterocycles. The van der Waals surface area contributed by atoms with Crippen LogP contribution < -0.4 is 11.1 Å². The Labute approximate surface area is 179 Å². The number of amides is 2. The van der Waals surface area contributed by atoms with Gasteiger partial charge < -0.3 is 16.0 Å². The quantitative estimate of drug-likeness (QED) is 0.803. The van der Waals surface area contributed by atoms with E-state index in [4.69, 9.17) is 5.73 Å². The summed E-state index contributed by atoms with van der Waals surface area (Å²) >= 11 is 0. The number of rotatable bonds is 4. The van der Waals surface area contributed by atoms with Gasteiger partial charge in [0.2, 0.25) is 11.8 Å². The Kier molecular flexibility index (Phi) is 4.55. The molecule has 0 bridgehead atoms. The van der Waals surface area contributed by atoms with Crippen LogP contribution in [0.2, 0.25) is 0 Å². The van der Waals surface area contributed by atoms with Crippen LogP contribution in [0.4, 0.5) is 0 Å². The van der Waals surface area contributed by atoms with Crippen molar-refractivity contribution in [3.8, 4) is 0 Å². The van der Waals surface area contributed by atoms with Gasteiger partial charge in [-0.15, -0.1) is 0 Å². The summed E-state index contributed by atoms with van der Waals surface area (Å²) < 4.78 is 0. The van der Waals surface area contributed by atoms with Crippen molar-refractivity contribution in [3.63, 3.8) is 0 Å². The van der Waals surface area contributed by atoms with E-state index in [2.05, 4.69) is 48.3 Å². The van der Waals surface area contributed by atoms with Crippen molar-refractivity contribution < 1.29 is 9.59 Å². The summed E-state index contributed by atoms with van der Waals surface area (Å²) in [5, 5.41) is 3.06. The Morgan fingerprint density at radius 1 is 1.27 bits per heavy atom. The van der Waals surface area contributed by atoms with Crippen LogP contribution in [0.3, 0.4) is 0 Å². The number of hydrogen-bond donors (Lipinski definition) is 2. The van der Waals surface area contributed by atoms with Gasteiger partial charge in [-0.25, -0.2) is 0 Å². The van der Waals surface area contributed by atoms with Crippen molar-refractivity contribution in [2.75, 3.05) is 6.54 Å². The second-order valence-electron chi connectivity index (χ2n) is 10.5. The highest BCUT2D eigenvalue weighted by atomic mass is 16.2. The van der Waals surface area contributed by atoms with Crippen LogP contribution in [-0.2, 0) is 9.59 Å². The molecule has 8 atom stereocenters. The van der Waals surface area contributed by atoms with Gasteiger partial charge in [0.25, 0.3) is 0 Å². The SMILES string of the molecule is CCN1C(=O)C(NC(=O)C(N)C(C)C)[C@@H](C)c2ccccc2C2C1C1CCC3CC312. The molecule has 0 aromatic heterocycles. The molecule has 1 aromatic rings. The number of fused-ring (bicyclic) bond motifs is 4. The van der Waals surface area contributed by atoms with Crippen molar-refractivity contribution in [1.29, 1.82) is 0 Å². The maximum Gasteiger partial charge on any atom is 0.246 e. The second-order valence-corrected chi connectivity index (χ2v) is 10.5. The topological polar surface area (TPSA) is 75.4 Å². The summed E-state index contributed by atoms with van der Waals surface area (Å²) in [6.07, 6.45) is 3.88. The van der Waals surface area contributed by atoms with E-state index >= 15 is 0 Å². The summed E-state index contributed by atoms with van der Waals surface area (Å²) in [6, 6.07) is 7.75. The average molecular weight is 410 g/mol. The Morgan fingerprint density at radius 2 is 1.97 bits per heavy atom. The highest BCUT2D eigenvalue weighted by Crippen LogP contribution is 2.82. The van der Waals surface area contributed by atoms with Gasteiger partial charge in [-0.2, -0.15) is 0 Å². The molecule has 3 fully saturated rings. The van der Waals surface area contributed by atoms with Gasteiger partial charge in [0.1, 0.15) is 6.04 Å². The van der Waals surface area contributed by atoms with Crippen LogP contribution >= 0.6 is 0 Å². The molecule has 1 aromatic carbocycles. The molecule has 3 aliphatic carbocycles. The summed E-state index contributed by atoms with van der Waals surface area (Å²) in [6.45, 7) is 8.73. The van der Waals surface area contributed by atoms with E-state index in [-0.39, 0.29) is 29.7 Å². The zero-order chi connectivity index (χ0) is 21.4. The van der Waals surface area contributed by atoms with Gasteiger partial charge >= 0.3 is 0 Å². The monoisotopic (exact) mass is 409 g/mol. The van der Waals surface area contributed by atoms with Crippen LogP contribution in [0.15, 0.2) is 24.3 Å².